The first kappa shape index (κ1) is 11.8. The van der Waals surface area contributed by atoms with Gasteiger partial charge in [0, 0.05) is 26.0 Å². The summed E-state index contributed by atoms with van der Waals surface area (Å²) in [6.07, 6.45) is 1.25. The molecule has 0 bridgehead atoms. The van der Waals surface area contributed by atoms with E-state index >= 15 is 0 Å². The zero-order valence-electron chi connectivity index (χ0n) is 8.47. The van der Waals surface area contributed by atoms with Crippen LogP contribution in [0, 0.1) is 0 Å². The number of thioether (sulfide) groups is 1. The summed E-state index contributed by atoms with van der Waals surface area (Å²) >= 11 is 9.18. The van der Waals surface area contributed by atoms with Gasteiger partial charge in [0.25, 0.3) is 0 Å². The molecule has 1 N–H and O–H groups in total. The Kier molecular flexibility index (Phi) is 4.02. The Labute approximate surface area is 112 Å². The standard InChI is InChI=1S/C11H13Br2NS/c1-7-5-8(6-15-7)14-11-9(12)3-2-4-10(11)13/h2-4,7-8,14H,5-6H2,1H3. The molecule has 0 aromatic heterocycles. The molecule has 4 heteroatoms. The van der Waals surface area contributed by atoms with E-state index in [1.165, 1.54) is 17.9 Å². The maximum atomic E-state index is 3.59. The molecule has 1 nitrogen and oxygen atoms in total. The minimum absolute atomic E-state index is 0.597. The molecule has 1 aromatic carbocycles. The van der Waals surface area contributed by atoms with Crippen LogP contribution >= 0.6 is 43.6 Å². The number of benzene rings is 1. The lowest BCUT2D eigenvalue weighted by Crippen LogP contribution is -2.19. The summed E-state index contributed by atoms with van der Waals surface area (Å²) in [5.74, 6) is 1.20. The summed E-state index contributed by atoms with van der Waals surface area (Å²) in [7, 11) is 0. The molecule has 2 unspecified atom stereocenters. The van der Waals surface area contributed by atoms with E-state index in [4.69, 9.17) is 0 Å². The zero-order chi connectivity index (χ0) is 10.8. The summed E-state index contributed by atoms with van der Waals surface area (Å²) in [4.78, 5) is 0. The molecule has 1 aliphatic heterocycles. The minimum Gasteiger partial charge on any atom is -0.380 e. The summed E-state index contributed by atoms with van der Waals surface area (Å²) in [6, 6.07) is 6.77. The van der Waals surface area contributed by atoms with Crippen LogP contribution in [-0.2, 0) is 0 Å². The fraction of sp³-hybridized carbons (Fsp3) is 0.455. The van der Waals surface area contributed by atoms with Crippen LogP contribution in [-0.4, -0.2) is 17.0 Å². The van der Waals surface area contributed by atoms with Crippen molar-refractivity contribution in [2.75, 3.05) is 11.1 Å². The lowest BCUT2D eigenvalue weighted by molar-refractivity contribution is 0.746. The third kappa shape index (κ3) is 2.92. The molecular formula is C11H13Br2NS. The van der Waals surface area contributed by atoms with Gasteiger partial charge in [0.05, 0.1) is 5.69 Å². The molecule has 15 heavy (non-hydrogen) atoms. The summed E-state index contributed by atoms with van der Waals surface area (Å²) in [6.45, 7) is 2.29. The lowest BCUT2D eigenvalue weighted by atomic mass is 10.2. The van der Waals surface area contributed by atoms with Gasteiger partial charge in [-0.2, -0.15) is 11.8 Å². The highest BCUT2D eigenvalue weighted by Gasteiger charge is 2.22. The number of nitrogens with one attached hydrogen (secondary N) is 1. The maximum Gasteiger partial charge on any atom is 0.0631 e. The van der Waals surface area contributed by atoms with Gasteiger partial charge in [-0.3, -0.25) is 0 Å². The van der Waals surface area contributed by atoms with Crippen LogP contribution < -0.4 is 5.32 Å². The average molecular weight is 351 g/mol. The van der Waals surface area contributed by atoms with Gasteiger partial charge in [-0.05, 0) is 50.4 Å². The molecule has 0 saturated carbocycles. The van der Waals surface area contributed by atoms with Crippen molar-refractivity contribution in [2.24, 2.45) is 0 Å². The third-order valence-corrected chi connectivity index (χ3v) is 5.19. The minimum atomic E-state index is 0.597. The van der Waals surface area contributed by atoms with Gasteiger partial charge in [0.15, 0.2) is 0 Å². The molecule has 1 fully saturated rings. The van der Waals surface area contributed by atoms with Crippen molar-refractivity contribution in [3.8, 4) is 0 Å². The Morgan fingerprint density at radius 1 is 1.33 bits per heavy atom. The molecule has 2 rings (SSSR count). The Balaban J connectivity index is 2.10. The fourth-order valence-electron chi connectivity index (χ4n) is 1.76. The molecular weight excluding hydrogens is 338 g/mol. The van der Waals surface area contributed by atoms with E-state index < -0.39 is 0 Å². The molecule has 1 heterocycles. The van der Waals surface area contributed by atoms with Crippen LogP contribution in [0.25, 0.3) is 0 Å². The second kappa shape index (κ2) is 5.11. The van der Waals surface area contributed by atoms with Crippen molar-refractivity contribution in [1.29, 1.82) is 0 Å². The first-order valence-electron chi connectivity index (χ1n) is 4.99. The smallest absolute Gasteiger partial charge is 0.0631 e. The molecule has 0 amide bonds. The Bertz CT molecular complexity index is 336. The van der Waals surface area contributed by atoms with Gasteiger partial charge in [-0.15, -0.1) is 0 Å². The zero-order valence-corrected chi connectivity index (χ0v) is 12.5. The van der Waals surface area contributed by atoms with Crippen molar-refractivity contribution in [3.63, 3.8) is 0 Å². The topological polar surface area (TPSA) is 12.0 Å². The van der Waals surface area contributed by atoms with Crippen LogP contribution in [0.1, 0.15) is 13.3 Å². The molecule has 82 valence electrons. The van der Waals surface area contributed by atoms with Crippen LogP contribution in [0.2, 0.25) is 0 Å². The van der Waals surface area contributed by atoms with Gasteiger partial charge >= 0.3 is 0 Å². The average Bonchev–Trinajstić information content (AvgIpc) is 2.58. The molecule has 0 radical (unpaired) electrons. The predicted molar refractivity (Wildman–Crippen MR) is 75.8 cm³/mol. The quantitative estimate of drug-likeness (QED) is 0.841. The van der Waals surface area contributed by atoms with Crippen LogP contribution in [0.15, 0.2) is 27.1 Å². The Morgan fingerprint density at radius 2 is 2.00 bits per heavy atom. The summed E-state index contributed by atoms with van der Waals surface area (Å²) in [5.41, 5.74) is 1.18. The largest absolute Gasteiger partial charge is 0.380 e. The van der Waals surface area contributed by atoms with E-state index in [0.29, 0.717) is 6.04 Å². The number of hydrogen-bond acceptors (Lipinski definition) is 2. The first-order chi connectivity index (χ1) is 7.16. The molecule has 1 saturated heterocycles. The first-order valence-corrected chi connectivity index (χ1v) is 7.62. The SMILES string of the molecule is CC1CC(Nc2c(Br)cccc2Br)CS1. The fourth-order valence-corrected chi connectivity index (χ4v) is 4.13. The van der Waals surface area contributed by atoms with Crippen molar-refractivity contribution >= 4 is 49.3 Å². The lowest BCUT2D eigenvalue weighted by Gasteiger charge is -2.16. The normalized spacial score (nSPS) is 25.5. The van der Waals surface area contributed by atoms with E-state index in [9.17, 15) is 0 Å². The van der Waals surface area contributed by atoms with Crippen LogP contribution in [0.4, 0.5) is 5.69 Å². The van der Waals surface area contributed by atoms with Crippen LogP contribution in [0.5, 0.6) is 0 Å². The van der Waals surface area contributed by atoms with E-state index in [-0.39, 0.29) is 0 Å². The second-order valence-corrected chi connectivity index (χ2v) is 7.00. The number of rotatable bonds is 2. The molecule has 2 atom stereocenters. The van der Waals surface area contributed by atoms with E-state index in [0.717, 1.165) is 14.2 Å². The molecule has 1 aromatic rings. The molecule has 0 aliphatic carbocycles. The highest BCUT2D eigenvalue weighted by molar-refractivity contribution is 9.11. The highest BCUT2D eigenvalue weighted by atomic mass is 79.9. The van der Waals surface area contributed by atoms with Crippen molar-refractivity contribution in [1.82, 2.24) is 0 Å². The van der Waals surface area contributed by atoms with Crippen molar-refractivity contribution < 1.29 is 0 Å². The van der Waals surface area contributed by atoms with Crippen molar-refractivity contribution in [2.45, 2.75) is 24.6 Å². The Hall–Kier alpha value is 0.330. The Morgan fingerprint density at radius 3 is 2.53 bits per heavy atom. The number of halogens is 2. The predicted octanol–water partition coefficient (Wildman–Crippen LogP) is 4.52. The third-order valence-electron chi connectivity index (χ3n) is 2.51. The molecule has 1 aliphatic rings. The number of anilines is 1. The van der Waals surface area contributed by atoms with E-state index in [1.54, 1.807) is 0 Å². The van der Waals surface area contributed by atoms with E-state index in [2.05, 4.69) is 56.2 Å². The monoisotopic (exact) mass is 349 g/mol. The number of hydrogen-bond donors (Lipinski definition) is 1. The van der Waals surface area contributed by atoms with Crippen molar-refractivity contribution in [3.05, 3.63) is 27.1 Å². The van der Waals surface area contributed by atoms with Crippen LogP contribution in [0.3, 0.4) is 0 Å². The van der Waals surface area contributed by atoms with Gasteiger partial charge in [-0.1, -0.05) is 13.0 Å². The number of para-hydroxylation sites is 1. The molecule has 0 spiro atoms. The summed E-state index contributed by atoms with van der Waals surface area (Å²) < 4.78 is 2.25. The highest BCUT2D eigenvalue weighted by Crippen LogP contribution is 2.34. The van der Waals surface area contributed by atoms with E-state index in [1.807, 2.05) is 17.8 Å². The maximum absolute atomic E-state index is 3.59. The second-order valence-electron chi connectivity index (χ2n) is 3.82. The van der Waals surface area contributed by atoms with Gasteiger partial charge < -0.3 is 5.32 Å². The summed E-state index contributed by atoms with van der Waals surface area (Å²) in [5, 5.41) is 4.37. The van der Waals surface area contributed by atoms with Gasteiger partial charge in [0.2, 0.25) is 0 Å². The van der Waals surface area contributed by atoms with Gasteiger partial charge in [0.1, 0.15) is 0 Å². The van der Waals surface area contributed by atoms with Gasteiger partial charge in [-0.25, -0.2) is 0 Å².